The monoisotopic (exact) mass is 243 g/mol. The van der Waals surface area contributed by atoms with Crippen LogP contribution >= 0.6 is 11.6 Å². The molecule has 0 saturated heterocycles. The zero-order chi connectivity index (χ0) is 12.3. The van der Waals surface area contributed by atoms with Gasteiger partial charge >= 0.3 is 5.69 Å². The number of nitro groups is 1. The number of ether oxygens (including phenoxy) is 1. The van der Waals surface area contributed by atoms with Crippen molar-refractivity contribution in [3.63, 3.8) is 0 Å². The van der Waals surface area contributed by atoms with E-state index >= 15 is 0 Å². The molecule has 1 heterocycles. The topological polar surface area (TPSA) is 78.2 Å². The van der Waals surface area contributed by atoms with Crippen molar-refractivity contribution in [3.8, 4) is 0 Å². The van der Waals surface area contributed by atoms with E-state index in [-0.39, 0.29) is 28.1 Å². The van der Waals surface area contributed by atoms with Crippen LogP contribution in [0.1, 0.15) is 18.3 Å². The van der Waals surface area contributed by atoms with Crippen LogP contribution in [-0.2, 0) is 4.74 Å². The summed E-state index contributed by atoms with van der Waals surface area (Å²) in [6.07, 6.45) is 0. The zero-order valence-corrected chi connectivity index (χ0v) is 9.61. The number of rotatable bonds is 4. The number of hydrogen-bond acceptors (Lipinski definition) is 5. The van der Waals surface area contributed by atoms with Gasteiger partial charge in [-0.05, 0) is 25.4 Å². The highest BCUT2D eigenvalue weighted by Crippen LogP contribution is 2.27. The van der Waals surface area contributed by atoms with Gasteiger partial charge in [0, 0.05) is 0 Å². The van der Waals surface area contributed by atoms with Gasteiger partial charge in [-0.25, -0.2) is 9.97 Å². The van der Waals surface area contributed by atoms with E-state index in [0.29, 0.717) is 6.61 Å². The summed E-state index contributed by atoms with van der Waals surface area (Å²) in [5, 5.41) is 10.8. The van der Waals surface area contributed by atoms with E-state index in [4.69, 9.17) is 16.3 Å². The molecule has 1 rings (SSSR count). The molecule has 1 aromatic heterocycles. The van der Waals surface area contributed by atoms with E-state index in [1.54, 1.807) is 6.92 Å². The second-order valence-electron chi connectivity index (χ2n) is 2.89. The molecule has 0 saturated carbocycles. The Balaban J connectivity index is 3.35. The van der Waals surface area contributed by atoms with Gasteiger partial charge < -0.3 is 4.74 Å². The largest absolute Gasteiger partial charge is 0.492 e. The molecule has 0 aliphatic heterocycles. The predicted octanol–water partition coefficient (Wildman–Crippen LogP) is 2.35. The van der Waals surface area contributed by atoms with Crippen molar-refractivity contribution in [1.29, 1.82) is 0 Å². The van der Waals surface area contributed by atoms with Crippen LogP contribution in [0.25, 0.3) is 5.76 Å². The van der Waals surface area contributed by atoms with E-state index in [9.17, 15) is 10.1 Å². The number of halogens is 1. The minimum absolute atomic E-state index is 0.0179. The Hall–Kier alpha value is -1.69. The van der Waals surface area contributed by atoms with Crippen molar-refractivity contribution in [2.24, 2.45) is 0 Å². The average molecular weight is 244 g/mol. The lowest BCUT2D eigenvalue weighted by Crippen LogP contribution is -2.05. The lowest BCUT2D eigenvalue weighted by molar-refractivity contribution is -0.386. The molecule has 0 aliphatic rings. The lowest BCUT2D eigenvalue weighted by atomic mass is 10.2. The summed E-state index contributed by atoms with van der Waals surface area (Å²) in [6, 6.07) is 0. The summed E-state index contributed by atoms with van der Waals surface area (Å²) in [7, 11) is 0. The molecule has 0 unspecified atom stereocenters. The van der Waals surface area contributed by atoms with Crippen molar-refractivity contribution in [2.75, 3.05) is 6.61 Å². The summed E-state index contributed by atoms with van der Waals surface area (Å²) in [6.45, 7) is 7.13. The number of nitrogens with zero attached hydrogens (tertiary/aromatic N) is 3. The molecule has 1 aromatic rings. The Morgan fingerprint density at radius 2 is 2.25 bits per heavy atom. The van der Waals surface area contributed by atoms with Crippen molar-refractivity contribution >= 4 is 23.0 Å². The first-order chi connectivity index (χ1) is 7.47. The fourth-order valence-electron chi connectivity index (χ4n) is 1.19. The molecule has 0 amide bonds. The van der Waals surface area contributed by atoms with Gasteiger partial charge in [-0.1, -0.05) is 6.58 Å². The first kappa shape index (κ1) is 12.4. The minimum Gasteiger partial charge on any atom is -0.492 e. The third-order valence-corrected chi connectivity index (χ3v) is 1.97. The highest BCUT2D eigenvalue weighted by molar-refractivity contribution is 6.28. The first-order valence-electron chi connectivity index (χ1n) is 4.48. The van der Waals surface area contributed by atoms with Gasteiger partial charge in [-0.2, -0.15) is 0 Å². The minimum atomic E-state index is -0.578. The standard InChI is InChI=1S/C9H10ClN3O3/c1-4-16-6(3)7-8(13(14)15)5(2)11-9(10)12-7/h3-4H2,1-2H3. The Kier molecular flexibility index (Phi) is 3.78. The molecular formula is C9H10ClN3O3. The quantitative estimate of drug-likeness (QED) is 0.351. The number of aromatic nitrogens is 2. The summed E-state index contributed by atoms with van der Waals surface area (Å²) < 4.78 is 5.08. The molecule has 0 radical (unpaired) electrons. The van der Waals surface area contributed by atoms with E-state index in [1.165, 1.54) is 6.92 Å². The average Bonchev–Trinajstić information content (AvgIpc) is 2.15. The molecule has 0 bridgehead atoms. The van der Waals surface area contributed by atoms with Crippen LogP contribution in [0.2, 0.25) is 5.28 Å². The summed E-state index contributed by atoms with van der Waals surface area (Å²) in [5.41, 5.74) is -0.0342. The Labute approximate surface area is 97.1 Å². The van der Waals surface area contributed by atoms with E-state index in [0.717, 1.165) is 0 Å². The van der Waals surface area contributed by atoms with E-state index in [1.807, 2.05) is 0 Å². The van der Waals surface area contributed by atoms with Crippen LogP contribution in [-0.4, -0.2) is 21.5 Å². The number of aryl methyl sites for hydroxylation is 1. The number of hydrogen-bond donors (Lipinski definition) is 0. The molecule has 6 nitrogen and oxygen atoms in total. The van der Waals surface area contributed by atoms with Crippen LogP contribution in [0.4, 0.5) is 5.69 Å². The second kappa shape index (κ2) is 4.89. The van der Waals surface area contributed by atoms with Gasteiger partial charge in [0.25, 0.3) is 0 Å². The fourth-order valence-corrected chi connectivity index (χ4v) is 1.40. The summed E-state index contributed by atoms with van der Waals surface area (Å²) in [4.78, 5) is 17.7. The van der Waals surface area contributed by atoms with Crippen LogP contribution in [0.3, 0.4) is 0 Å². The van der Waals surface area contributed by atoms with Gasteiger partial charge in [0.1, 0.15) is 11.5 Å². The predicted molar refractivity (Wildman–Crippen MR) is 59.1 cm³/mol. The maximum absolute atomic E-state index is 10.8. The molecule has 7 heteroatoms. The molecule has 0 aliphatic carbocycles. The summed E-state index contributed by atoms with van der Waals surface area (Å²) >= 11 is 5.63. The fraction of sp³-hybridized carbons (Fsp3) is 0.333. The van der Waals surface area contributed by atoms with E-state index < -0.39 is 4.92 Å². The van der Waals surface area contributed by atoms with Crippen LogP contribution in [0, 0.1) is 17.0 Å². The molecule has 0 spiro atoms. The zero-order valence-electron chi connectivity index (χ0n) is 8.86. The maximum atomic E-state index is 10.8. The van der Waals surface area contributed by atoms with Crippen LogP contribution in [0.15, 0.2) is 6.58 Å². The maximum Gasteiger partial charge on any atom is 0.319 e. The molecule has 0 N–H and O–H groups in total. The Morgan fingerprint density at radius 3 is 2.75 bits per heavy atom. The highest BCUT2D eigenvalue weighted by Gasteiger charge is 2.24. The summed E-state index contributed by atoms with van der Waals surface area (Å²) in [5.74, 6) is 0.113. The first-order valence-corrected chi connectivity index (χ1v) is 4.85. The van der Waals surface area contributed by atoms with Crippen molar-refractivity contribution in [3.05, 3.63) is 33.4 Å². The normalized spacial score (nSPS) is 9.94. The van der Waals surface area contributed by atoms with Gasteiger partial charge in [0.15, 0.2) is 5.69 Å². The highest BCUT2D eigenvalue weighted by atomic mass is 35.5. The Morgan fingerprint density at radius 1 is 1.62 bits per heavy atom. The van der Waals surface area contributed by atoms with Gasteiger partial charge in [0.05, 0.1) is 11.5 Å². The van der Waals surface area contributed by atoms with Gasteiger partial charge in [-0.3, -0.25) is 10.1 Å². The van der Waals surface area contributed by atoms with Crippen molar-refractivity contribution in [1.82, 2.24) is 9.97 Å². The van der Waals surface area contributed by atoms with Crippen molar-refractivity contribution < 1.29 is 9.66 Å². The Bertz CT molecular complexity index is 448. The third-order valence-electron chi connectivity index (χ3n) is 1.80. The molecule has 86 valence electrons. The van der Waals surface area contributed by atoms with E-state index in [2.05, 4.69) is 16.5 Å². The molecule has 0 aromatic carbocycles. The van der Waals surface area contributed by atoms with Gasteiger partial charge in [0.2, 0.25) is 5.28 Å². The lowest BCUT2D eigenvalue weighted by Gasteiger charge is -2.07. The molecule has 16 heavy (non-hydrogen) atoms. The molecule has 0 fully saturated rings. The molecular weight excluding hydrogens is 234 g/mol. The van der Waals surface area contributed by atoms with Gasteiger partial charge in [-0.15, -0.1) is 0 Å². The smallest absolute Gasteiger partial charge is 0.319 e. The second-order valence-corrected chi connectivity index (χ2v) is 3.23. The third kappa shape index (κ3) is 2.46. The SMILES string of the molecule is C=C(OCC)c1nc(Cl)nc(C)c1[N+](=O)[O-]. The van der Waals surface area contributed by atoms with Crippen LogP contribution < -0.4 is 0 Å². The van der Waals surface area contributed by atoms with Crippen molar-refractivity contribution in [2.45, 2.75) is 13.8 Å². The molecule has 0 atom stereocenters. The van der Waals surface area contributed by atoms with Crippen LogP contribution in [0.5, 0.6) is 0 Å².